The number of aliphatic hydroxyl groups excluding tert-OH is 1. The fraction of sp³-hybridized carbons (Fsp3) is 0.167. The van der Waals surface area contributed by atoms with Gasteiger partial charge in [-0.3, -0.25) is 14.3 Å². The van der Waals surface area contributed by atoms with Crippen molar-refractivity contribution in [2.45, 2.75) is 12.6 Å². The molecule has 0 bridgehead atoms. The van der Waals surface area contributed by atoms with E-state index in [1.165, 1.54) is 0 Å². The van der Waals surface area contributed by atoms with Crippen LogP contribution < -0.4 is 11.2 Å². The summed E-state index contributed by atoms with van der Waals surface area (Å²) >= 11 is 5.56. The minimum absolute atomic E-state index is 0.166. The first kappa shape index (κ1) is 14.4. The standard InChI is InChI=1S/C12H9ClF2N2O3/c13-8-4-17(12(20)16-11(8)19)5-10(18)7-2-1-6(14)3-9(7)15/h1-4,10,18H,5H2,(H,16,19,20)/t10-/m1/s1. The Balaban J connectivity index is 2.32. The molecule has 5 nitrogen and oxygen atoms in total. The first-order valence-electron chi connectivity index (χ1n) is 5.51. The smallest absolute Gasteiger partial charge is 0.328 e. The number of nitrogens with one attached hydrogen (secondary N) is 1. The molecule has 0 saturated carbocycles. The van der Waals surface area contributed by atoms with Crippen LogP contribution in [-0.2, 0) is 6.54 Å². The van der Waals surface area contributed by atoms with Crippen LogP contribution in [0.1, 0.15) is 11.7 Å². The lowest BCUT2D eigenvalue weighted by atomic mass is 10.1. The molecule has 0 unspecified atom stereocenters. The molecule has 0 saturated heterocycles. The molecule has 0 aliphatic carbocycles. The molecule has 0 radical (unpaired) electrons. The summed E-state index contributed by atoms with van der Waals surface area (Å²) in [7, 11) is 0. The van der Waals surface area contributed by atoms with E-state index in [-0.39, 0.29) is 17.1 Å². The van der Waals surface area contributed by atoms with Crippen LogP contribution in [0.4, 0.5) is 8.78 Å². The molecule has 2 aromatic rings. The molecule has 20 heavy (non-hydrogen) atoms. The van der Waals surface area contributed by atoms with E-state index in [2.05, 4.69) is 0 Å². The van der Waals surface area contributed by atoms with Gasteiger partial charge < -0.3 is 5.11 Å². The van der Waals surface area contributed by atoms with Crippen molar-refractivity contribution in [1.82, 2.24) is 9.55 Å². The Bertz CT molecular complexity index is 757. The molecule has 0 aliphatic rings. The summed E-state index contributed by atoms with van der Waals surface area (Å²) in [5, 5.41) is 9.63. The van der Waals surface area contributed by atoms with Crippen LogP contribution in [0.2, 0.25) is 5.02 Å². The third-order valence-corrected chi connectivity index (χ3v) is 2.93. The lowest BCUT2D eigenvalue weighted by Gasteiger charge is -2.13. The van der Waals surface area contributed by atoms with E-state index in [0.29, 0.717) is 6.07 Å². The van der Waals surface area contributed by atoms with Gasteiger partial charge in [-0.15, -0.1) is 0 Å². The van der Waals surface area contributed by atoms with Gasteiger partial charge in [0.15, 0.2) is 0 Å². The Morgan fingerprint density at radius 1 is 1.35 bits per heavy atom. The molecule has 1 atom stereocenters. The van der Waals surface area contributed by atoms with Gasteiger partial charge in [-0.1, -0.05) is 17.7 Å². The first-order valence-corrected chi connectivity index (χ1v) is 5.88. The maximum absolute atomic E-state index is 13.5. The molecule has 106 valence electrons. The SMILES string of the molecule is O=c1[nH]c(=O)n(C[C@@H](O)c2ccc(F)cc2F)cc1Cl. The quantitative estimate of drug-likeness (QED) is 0.894. The Hall–Kier alpha value is -1.99. The number of rotatable bonds is 3. The highest BCUT2D eigenvalue weighted by Crippen LogP contribution is 2.19. The van der Waals surface area contributed by atoms with Crippen LogP contribution in [0.3, 0.4) is 0 Å². The van der Waals surface area contributed by atoms with E-state index in [1.807, 2.05) is 4.98 Å². The maximum Gasteiger partial charge on any atom is 0.328 e. The Kier molecular flexibility index (Phi) is 4.01. The van der Waals surface area contributed by atoms with Crippen molar-refractivity contribution in [3.8, 4) is 0 Å². The molecular formula is C12H9ClF2N2O3. The zero-order valence-electron chi connectivity index (χ0n) is 9.94. The topological polar surface area (TPSA) is 75.1 Å². The van der Waals surface area contributed by atoms with Crippen LogP contribution in [0.15, 0.2) is 34.0 Å². The number of H-pyrrole nitrogens is 1. The van der Waals surface area contributed by atoms with Gasteiger partial charge in [0.25, 0.3) is 5.56 Å². The number of aromatic amines is 1. The first-order chi connectivity index (χ1) is 9.38. The Morgan fingerprint density at radius 2 is 2.05 bits per heavy atom. The minimum Gasteiger partial charge on any atom is -0.386 e. The fourth-order valence-electron chi connectivity index (χ4n) is 1.67. The zero-order valence-corrected chi connectivity index (χ0v) is 10.7. The lowest BCUT2D eigenvalue weighted by Crippen LogP contribution is -2.31. The third-order valence-electron chi connectivity index (χ3n) is 2.66. The van der Waals surface area contributed by atoms with E-state index in [4.69, 9.17) is 11.6 Å². The number of hydrogen-bond donors (Lipinski definition) is 2. The van der Waals surface area contributed by atoms with Crippen LogP contribution in [0.5, 0.6) is 0 Å². The number of nitrogens with zero attached hydrogens (tertiary/aromatic N) is 1. The van der Waals surface area contributed by atoms with Gasteiger partial charge in [0.2, 0.25) is 0 Å². The van der Waals surface area contributed by atoms with Gasteiger partial charge in [-0.05, 0) is 6.07 Å². The van der Waals surface area contributed by atoms with Gasteiger partial charge in [0.1, 0.15) is 16.7 Å². The van der Waals surface area contributed by atoms with Gasteiger partial charge in [0, 0.05) is 17.8 Å². The highest BCUT2D eigenvalue weighted by Gasteiger charge is 2.15. The lowest BCUT2D eigenvalue weighted by molar-refractivity contribution is 0.150. The average molecular weight is 303 g/mol. The molecule has 0 amide bonds. The molecule has 0 aliphatic heterocycles. The summed E-state index contributed by atoms with van der Waals surface area (Å²) in [5.74, 6) is -1.70. The van der Waals surface area contributed by atoms with Crippen molar-refractivity contribution < 1.29 is 13.9 Å². The van der Waals surface area contributed by atoms with Gasteiger partial charge >= 0.3 is 5.69 Å². The molecule has 2 N–H and O–H groups in total. The van der Waals surface area contributed by atoms with E-state index >= 15 is 0 Å². The molecule has 0 spiro atoms. The number of halogens is 3. The molecule has 2 rings (SSSR count). The summed E-state index contributed by atoms with van der Waals surface area (Å²) in [6, 6.07) is 2.69. The predicted molar refractivity (Wildman–Crippen MR) is 67.7 cm³/mol. The molecule has 1 heterocycles. The van der Waals surface area contributed by atoms with Crippen molar-refractivity contribution in [1.29, 1.82) is 0 Å². The van der Waals surface area contributed by atoms with Crippen LogP contribution in [-0.4, -0.2) is 14.7 Å². The van der Waals surface area contributed by atoms with Crippen molar-refractivity contribution in [3.63, 3.8) is 0 Å². The van der Waals surface area contributed by atoms with Gasteiger partial charge in [-0.25, -0.2) is 13.6 Å². The maximum atomic E-state index is 13.5. The van der Waals surface area contributed by atoms with Crippen LogP contribution in [0, 0.1) is 11.6 Å². The summed E-state index contributed by atoms with van der Waals surface area (Å²) in [5.41, 5.74) is -1.71. The van der Waals surface area contributed by atoms with E-state index in [0.717, 1.165) is 22.9 Å². The van der Waals surface area contributed by atoms with Crippen molar-refractivity contribution >= 4 is 11.6 Å². The Morgan fingerprint density at radius 3 is 2.70 bits per heavy atom. The largest absolute Gasteiger partial charge is 0.386 e. The average Bonchev–Trinajstić information content (AvgIpc) is 2.35. The van der Waals surface area contributed by atoms with Crippen molar-refractivity contribution in [3.05, 3.63) is 67.5 Å². The van der Waals surface area contributed by atoms with Crippen molar-refractivity contribution in [2.75, 3.05) is 0 Å². The molecule has 8 heteroatoms. The zero-order chi connectivity index (χ0) is 14.9. The number of benzene rings is 1. The number of aliphatic hydroxyl groups is 1. The second-order valence-corrected chi connectivity index (χ2v) is 4.48. The number of aromatic nitrogens is 2. The fourth-order valence-corrected chi connectivity index (χ4v) is 1.84. The van der Waals surface area contributed by atoms with E-state index in [9.17, 15) is 23.5 Å². The molecule has 1 aromatic carbocycles. The van der Waals surface area contributed by atoms with E-state index in [1.54, 1.807) is 0 Å². The molecule has 0 fully saturated rings. The van der Waals surface area contributed by atoms with E-state index < -0.39 is 29.0 Å². The summed E-state index contributed by atoms with van der Waals surface area (Å²) in [6.07, 6.45) is -0.358. The van der Waals surface area contributed by atoms with Crippen LogP contribution in [0.25, 0.3) is 0 Å². The van der Waals surface area contributed by atoms with Crippen molar-refractivity contribution in [2.24, 2.45) is 0 Å². The monoisotopic (exact) mass is 302 g/mol. The minimum atomic E-state index is -1.39. The normalized spacial score (nSPS) is 12.4. The number of hydrogen-bond acceptors (Lipinski definition) is 3. The molecule has 1 aromatic heterocycles. The summed E-state index contributed by atoms with van der Waals surface area (Å²) in [4.78, 5) is 24.5. The summed E-state index contributed by atoms with van der Waals surface area (Å²) in [6.45, 7) is -0.335. The van der Waals surface area contributed by atoms with Gasteiger partial charge in [0.05, 0.1) is 12.6 Å². The second kappa shape index (κ2) is 5.56. The highest BCUT2D eigenvalue weighted by atomic mass is 35.5. The second-order valence-electron chi connectivity index (χ2n) is 4.07. The third kappa shape index (κ3) is 2.94. The predicted octanol–water partition coefficient (Wildman–Crippen LogP) is 1.20. The Labute approximate surface area is 116 Å². The van der Waals surface area contributed by atoms with Gasteiger partial charge in [-0.2, -0.15) is 0 Å². The molecular weight excluding hydrogens is 294 g/mol. The highest BCUT2D eigenvalue weighted by molar-refractivity contribution is 6.30. The summed E-state index contributed by atoms with van der Waals surface area (Å²) < 4.78 is 27.2. The van der Waals surface area contributed by atoms with Crippen LogP contribution >= 0.6 is 11.6 Å².